The maximum atomic E-state index is 12.5. The van der Waals surface area contributed by atoms with Gasteiger partial charge in [-0.1, -0.05) is 30.3 Å². The first kappa shape index (κ1) is 16.1. The van der Waals surface area contributed by atoms with Crippen molar-refractivity contribution in [2.45, 2.75) is 6.42 Å². The largest absolute Gasteiger partial charge is 0.496 e. The van der Waals surface area contributed by atoms with E-state index in [1.54, 1.807) is 25.4 Å². The average molecular weight is 345 g/mol. The van der Waals surface area contributed by atoms with E-state index in [0.717, 1.165) is 18.8 Å². The molecule has 1 aliphatic heterocycles. The number of nitrogens with one attached hydrogen (secondary N) is 1. The predicted octanol–water partition coefficient (Wildman–Crippen LogP) is 4.04. The van der Waals surface area contributed by atoms with E-state index in [4.69, 9.17) is 4.74 Å². The summed E-state index contributed by atoms with van der Waals surface area (Å²) in [6, 6.07) is 19.3. The van der Waals surface area contributed by atoms with E-state index in [2.05, 4.69) is 33.4 Å². The molecule has 26 heavy (non-hydrogen) atoms. The summed E-state index contributed by atoms with van der Waals surface area (Å²) in [6.45, 7) is 0.916. The second-order valence-corrected chi connectivity index (χ2v) is 6.09. The molecule has 130 valence electrons. The van der Waals surface area contributed by atoms with Crippen LogP contribution in [0.3, 0.4) is 0 Å². The summed E-state index contributed by atoms with van der Waals surface area (Å²) in [5, 5.41) is 2.87. The molecule has 0 atom stereocenters. The Kier molecular flexibility index (Phi) is 4.27. The first-order chi connectivity index (χ1) is 12.8. The normalized spacial score (nSPS) is 12.6. The molecule has 0 radical (unpaired) electrons. The Morgan fingerprint density at radius 2 is 1.88 bits per heavy atom. The Hall–Kier alpha value is -3.34. The van der Waals surface area contributed by atoms with Gasteiger partial charge in [0, 0.05) is 12.2 Å². The fraction of sp³-hybridized carbons (Fsp3) is 0.143. The fourth-order valence-corrected chi connectivity index (χ4v) is 3.23. The van der Waals surface area contributed by atoms with Gasteiger partial charge < -0.3 is 15.0 Å². The molecule has 0 saturated carbocycles. The maximum absolute atomic E-state index is 12.5. The molecule has 1 amide bonds. The number of methoxy groups -OCH3 is 1. The molecule has 1 aromatic heterocycles. The van der Waals surface area contributed by atoms with Gasteiger partial charge in [-0.05, 0) is 42.3 Å². The van der Waals surface area contributed by atoms with Gasteiger partial charge in [0.15, 0.2) is 0 Å². The molecule has 4 rings (SSSR count). The maximum Gasteiger partial charge on any atom is 0.259 e. The van der Waals surface area contributed by atoms with Crippen LogP contribution in [0.15, 0.2) is 66.9 Å². The third-order valence-electron chi connectivity index (χ3n) is 4.52. The molecule has 2 heterocycles. The Morgan fingerprint density at radius 3 is 2.69 bits per heavy atom. The lowest BCUT2D eigenvalue weighted by Crippen LogP contribution is -2.16. The van der Waals surface area contributed by atoms with E-state index in [1.807, 2.05) is 30.3 Å². The predicted molar refractivity (Wildman–Crippen MR) is 102 cm³/mol. The zero-order chi connectivity index (χ0) is 17.9. The van der Waals surface area contributed by atoms with Gasteiger partial charge in [0.2, 0.25) is 0 Å². The number of para-hydroxylation sites is 2. The van der Waals surface area contributed by atoms with Crippen LogP contribution in [0.4, 0.5) is 17.2 Å². The van der Waals surface area contributed by atoms with Crippen LogP contribution in [0.5, 0.6) is 5.75 Å². The first-order valence-corrected chi connectivity index (χ1v) is 8.52. The number of pyridine rings is 1. The van der Waals surface area contributed by atoms with Gasteiger partial charge in [-0.3, -0.25) is 4.79 Å². The lowest BCUT2D eigenvalue weighted by Gasteiger charge is -2.18. The highest BCUT2D eigenvalue weighted by molar-refractivity contribution is 6.06. The molecule has 3 aromatic rings. The van der Waals surface area contributed by atoms with Gasteiger partial charge in [0.1, 0.15) is 11.6 Å². The highest BCUT2D eigenvalue weighted by Crippen LogP contribution is 2.33. The van der Waals surface area contributed by atoms with E-state index in [-0.39, 0.29) is 5.91 Å². The van der Waals surface area contributed by atoms with Crippen LogP contribution in [0.2, 0.25) is 0 Å². The summed E-state index contributed by atoms with van der Waals surface area (Å²) < 4.78 is 5.24. The molecule has 0 spiro atoms. The molecule has 1 N–H and O–H groups in total. The molecular formula is C21H19N3O2. The zero-order valence-corrected chi connectivity index (χ0v) is 14.5. The van der Waals surface area contributed by atoms with Crippen LogP contribution in [0.1, 0.15) is 15.9 Å². The highest BCUT2D eigenvalue weighted by atomic mass is 16.5. The lowest BCUT2D eigenvalue weighted by molar-refractivity contribution is 0.102. The number of fused-ring (bicyclic) bond motifs is 1. The minimum Gasteiger partial charge on any atom is -0.496 e. The number of anilines is 3. The molecule has 0 aliphatic carbocycles. The molecule has 0 fully saturated rings. The molecule has 0 unspecified atom stereocenters. The van der Waals surface area contributed by atoms with E-state index in [9.17, 15) is 4.79 Å². The van der Waals surface area contributed by atoms with Crippen molar-refractivity contribution in [1.29, 1.82) is 0 Å². The summed E-state index contributed by atoms with van der Waals surface area (Å²) in [5.41, 5.74) is 3.68. The standard InChI is InChI=1S/C21H19N3O2/c1-26-19-9-5-3-7-17(19)21(25)23-16-10-11-20(22-14-16)24-13-12-15-6-2-4-8-18(15)24/h2-11,14H,12-13H2,1H3,(H,23,25). The molecular weight excluding hydrogens is 326 g/mol. The number of hydrogen-bond donors (Lipinski definition) is 1. The van der Waals surface area contributed by atoms with Crippen molar-refractivity contribution in [3.8, 4) is 5.75 Å². The summed E-state index contributed by atoms with van der Waals surface area (Å²) >= 11 is 0. The van der Waals surface area contributed by atoms with Crippen molar-refractivity contribution in [3.05, 3.63) is 78.0 Å². The van der Waals surface area contributed by atoms with Crippen molar-refractivity contribution in [1.82, 2.24) is 4.98 Å². The number of carbonyl (C=O) groups is 1. The van der Waals surface area contributed by atoms with Crippen LogP contribution in [-0.4, -0.2) is 24.5 Å². The van der Waals surface area contributed by atoms with Crippen molar-refractivity contribution in [2.75, 3.05) is 23.9 Å². The minimum absolute atomic E-state index is 0.219. The van der Waals surface area contributed by atoms with Crippen LogP contribution in [-0.2, 0) is 6.42 Å². The number of rotatable bonds is 4. The van der Waals surface area contributed by atoms with Gasteiger partial charge in [-0.15, -0.1) is 0 Å². The SMILES string of the molecule is COc1ccccc1C(=O)Nc1ccc(N2CCc3ccccc32)nc1. The Labute approximate surface area is 152 Å². The highest BCUT2D eigenvalue weighted by Gasteiger charge is 2.20. The first-order valence-electron chi connectivity index (χ1n) is 8.52. The Bertz CT molecular complexity index is 938. The van der Waals surface area contributed by atoms with Crippen molar-refractivity contribution in [3.63, 3.8) is 0 Å². The van der Waals surface area contributed by atoms with Crippen LogP contribution < -0.4 is 15.0 Å². The second kappa shape index (κ2) is 6.88. The molecule has 1 aliphatic rings. The van der Waals surface area contributed by atoms with E-state index in [1.165, 1.54) is 11.3 Å². The molecule has 5 nitrogen and oxygen atoms in total. The number of amides is 1. The summed E-state index contributed by atoms with van der Waals surface area (Å²) in [6.07, 6.45) is 2.70. The zero-order valence-electron chi connectivity index (χ0n) is 14.5. The third kappa shape index (κ3) is 2.99. The fourth-order valence-electron chi connectivity index (χ4n) is 3.23. The van der Waals surface area contributed by atoms with Gasteiger partial charge in [0.25, 0.3) is 5.91 Å². The summed E-state index contributed by atoms with van der Waals surface area (Å²) in [5.74, 6) is 1.21. The van der Waals surface area contributed by atoms with Crippen molar-refractivity contribution >= 4 is 23.1 Å². The monoisotopic (exact) mass is 345 g/mol. The van der Waals surface area contributed by atoms with Crippen molar-refractivity contribution < 1.29 is 9.53 Å². The second-order valence-electron chi connectivity index (χ2n) is 6.09. The number of carbonyl (C=O) groups excluding carboxylic acids is 1. The lowest BCUT2D eigenvalue weighted by atomic mass is 10.2. The van der Waals surface area contributed by atoms with Crippen molar-refractivity contribution in [2.24, 2.45) is 0 Å². The van der Waals surface area contributed by atoms with E-state index in [0.29, 0.717) is 17.0 Å². The molecule has 0 saturated heterocycles. The number of benzene rings is 2. The number of aromatic nitrogens is 1. The van der Waals surface area contributed by atoms with Gasteiger partial charge in [-0.2, -0.15) is 0 Å². The topological polar surface area (TPSA) is 54.5 Å². The minimum atomic E-state index is -0.219. The smallest absolute Gasteiger partial charge is 0.259 e. The van der Waals surface area contributed by atoms with Gasteiger partial charge in [0.05, 0.1) is 24.6 Å². The molecule has 5 heteroatoms. The molecule has 2 aromatic carbocycles. The number of nitrogens with zero attached hydrogens (tertiary/aromatic N) is 2. The Morgan fingerprint density at radius 1 is 1.08 bits per heavy atom. The number of ether oxygens (including phenoxy) is 1. The summed E-state index contributed by atoms with van der Waals surface area (Å²) in [7, 11) is 1.55. The summed E-state index contributed by atoms with van der Waals surface area (Å²) in [4.78, 5) is 19.2. The van der Waals surface area contributed by atoms with E-state index >= 15 is 0 Å². The van der Waals surface area contributed by atoms with Crippen LogP contribution in [0.25, 0.3) is 0 Å². The average Bonchev–Trinajstić information content (AvgIpc) is 3.12. The van der Waals surface area contributed by atoms with E-state index < -0.39 is 0 Å². The number of hydrogen-bond acceptors (Lipinski definition) is 4. The van der Waals surface area contributed by atoms with Gasteiger partial charge in [-0.25, -0.2) is 4.98 Å². The quantitative estimate of drug-likeness (QED) is 0.775. The van der Waals surface area contributed by atoms with Crippen LogP contribution in [0, 0.1) is 0 Å². The van der Waals surface area contributed by atoms with Crippen LogP contribution >= 0.6 is 0 Å². The van der Waals surface area contributed by atoms with Gasteiger partial charge >= 0.3 is 0 Å². The Balaban J connectivity index is 1.51. The molecule has 0 bridgehead atoms. The third-order valence-corrected chi connectivity index (χ3v) is 4.52.